The van der Waals surface area contributed by atoms with Crippen LogP contribution in [0.2, 0.25) is 0 Å². The van der Waals surface area contributed by atoms with Crippen molar-refractivity contribution in [3.05, 3.63) is 34.5 Å². The summed E-state index contributed by atoms with van der Waals surface area (Å²) < 4.78 is 0. The second-order valence-corrected chi connectivity index (χ2v) is 7.99. The lowest BCUT2D eigenvalue weighted by Crippen LogP contribution is -2.49. The molecule has 0 aliphatic carbocycles. The number of anilines is 1. The van der Waals surface area contributed by atoms with Gasteiger partial charge in [-0.3, -0.25) is 9.89 Å². The number of guanidine groups is 1. The van der Waals surface area contributed by atoms with Crippen LogP contribution < -0.4 is 15.5 Å². The Balaban J connectivity index is 0.00000300. The van der Waals surface area contributed by atoms with Gasteiger partial charge in [0.15, 0.2) is 5.96 Å². The Bertz CT molecular complexity index is 744. The van der Waals surface area contributed by atoms with Crippen LogP contribution in [0.5, 0.6) is 0 Å². The Kier molecular flexibility index (Phi) is 10.0. The fraction of sp³-hybridized carbons (Fsp3) is 0.579. The molecule has 0 radical (unpaired) electrons. The summed E-state index contributed by atoms with van der Waals surface area (Å²) in [6.07, 6.45) is 3.60. The number of aliphatic imine (C=N–C) groups is 1. The number of halogens is 1. The molecule has 1 fully saturated rings. The average molecular weight is 530 g/mol. The van der Waals surface area contributed by atoms with Gasteiger partial charge >= 0.3 is 0 Å². The van der Waals surface area contributed by atoms with Crippen LogP contribution >= 0.6 is 35.3 Å². The van der Waals surface area contributed by atoms with Gasteiger partial charge in [0.05, 0.1) is 12.2 Å². The number of nitrogens with one attached hydrogen (secondary N) is 2. The second kappa shape index (κ2) is 12.2. The molecule has 0 amide bonds. The van der Waals surface area contributed by atoms with E-state index >= 15 is 0 Å². The highest BCUT2D eigenvalue weighted by atomic mass is 127. The van der Waals surface area contributed by atoms with Crippen molar-refractivity contribution in [3.63, 3.8) is 0 Å². The molecule has 0 saturated carbocycles. The minimum atomic E-state index is 0. The van der Waals surface area contributed by atoms with Gasteiger partial charge < -0.3 is 15.5 Å². The van der Waals surface area contributed by atoms with Crippen molar-refractivity contribution in [3.8, 4) is 0 Å². The van der Waals surface area contributed by atoms with Crippen LogP contribution in [0.3, 0.4) is 0 Å². The maximum atomic E-state index is 4.65. The first kappa shape index (κ1) is 23.7. The largest absolute Gasteiger partial charge is 0.355 e. The van der Waals surface area contributed by atoms with Gasteiger partial charge in [-0.2, -0.15) is 0 Å². The van der Waals surface area contributed by atoms with Crippen molar-refractivity contribution in [2.75, 3.05) is 51.2 Å². The van der Waals surface area contributed by atoms with Gasteiger partial charge in [0.25, 0.3) is 0 Å². The molecule has 0 bridgehead atoms. The average Bonchev–Trinajstić information content (AvgIpc) is 3.21. The van der Waals surface area contributed by atoms with E-state index < -0.39 is 0 Å². The lowest BCUT2D eigenvalue weighted by Gasteiger charge is -2.34. The molecule has 29 heavy (non-hydrogen) atoms. The van der Waals surface area contributed by atoms with E-state index in [1.165, 1.54) is 0 Å². The Morgan fingerprint density at radius 3 is 2.52 bits per heavy atom. The molecule has 3 rings (SSSR count). The maximum absolute atomic E-state index is 4.65. The maximum Gasteiger partial charge on any atom is 0.225 e. The quantitative estimate of drug-likeness (QED) is 0.323. The second-order valence-electron chi connectivity index (χ2n) is 7.05. The molecule has 2 aromatic heterocycles. The molecule has 2 N–H and O–H groups in total. The molecule has 8 nitrogen and oxygen atoms in total. The zero-order chi connectivity index (χ0) is 19.8. The number of hydrogen-bond donors (Lipinski definition) is 2. The van der Waals surface area contributed by atoms with Crippen LogP contribution in [0.1, 0.15) is 30.5 Å². The molecule has 10 heteroatoms. The van der Waals surface area contributed by atoms with E-state index in [0.29, 0.717) is 12.5 Å². The minimum absolute atomic E-state index is 0. The number of thiazole rings is 1. The normalized spacial score (nSPS) is 15.3. The number of aromatic nitrogens is 3. The molecule has 2 aromatic rings. The summed E-state index contributed by atoms with van der Waals surface area (Å²) in [5, 5.41) is 9.97. The fourth-order valence-corrected chi connectivity index (χ4v) is 3.91. The number of piperazine rings is 1. The molecular weight excluding hydrogens is 499 g/mol. The van der Waals surface area contributed by atoms with Crippen LogP contribution in [0.15, 0.2) is 28.8 Å². The first-order chi connectivity index (χ1) is 13.7. The van der Waals surface area contributed by atoms with Gasteiger partial charge in [-0.05, 0) is 12.0 Å². The van der Waals surface area contributed by atoms with Gasteiger partial charge in [0.2, 0.25) is 5.95 Å². The van der Waals surface area contributed by atoms with Crippen molar-refractivity contribution in [2.45, 2.75) is 26.3 Å². The van der Waals surface area contributed by atoms with E-state index in [2.05, 4.69) is 59.6 Å². The number of nitrogens with zero attached hydrogens (tertiary/aromatic N) is 6. The summed E-state index contributed by atoms with van der Waals surface area (Å²) in [6.45, 7) is 10.8. The molecule has 1 aliphatic heterocycles. The summed E-state index contributed by atoms with van der Waals surface area (Å²) >= 11 is 1.70. The van der Waals surface area contributed by atoms with Gasteiger partial charge in [0, 0.05) is 64.1 Å². The third kappa shape index (κ3) is 7.34. The van der Waals surface area contributed by atoms with E-state index in [4.69, 9.17) is 0 Å². The standard InChI is InChI=1S/C19H30N8S.HI/c1-15(2)16-14-28-17(25-16)13-24-18(20-3)21-7-8-26-9-11-27(12-10-26)19-22-5-4-6-23-19;/h4-6,14-15H,7-13H2,1-3H3,(H2,20,21,24);1H. The summed E-state index contributed by atoms with van der Waals surface area (Å²) in [5.41, 5.74) is 1.16. The van der Waals surface area contributed by atoms with Crippen molar-refractivity contribution in [1.29, 1.82) is 0 Å². The number of rotatable bonds is 7. The lowest BCUT2D eigenvalue weighted by atomic mass is 10.2. The van der Waals surface area contributed by atoms with Crippen molar-refractivity contribution >= 4 is 47.2 Å². The molecule has 0 unspecified atom stereocenters. The number of hydrogen-bond acceptors (Lipinski definition) is 7. The summed E-state index contributed by atoms with van der Waals surface area (Å²) in [5.74, 6) is 2.11. The highest BCUT2D eigenvalue weighted by Gasteiger charge is 2.18. The molecule has 3 heterocycles. The van der Waals surface area contributed by atoms with E-state index in [1.54, 1.807) is 30.8 Å². The van der Waals surface area contributed by atoms with E-state index in [-0.39, 0.29) is 24.0 Å². The van der Waals surface area contributed by atoms with Crippen molar-refractivity contribution < 1.29 is 0 Å². The summed E-state index contributed by atoms with van der Waals surface area (Å²) in [7, 11) is 1.80. The van der Waals surface area contributed by atoms with Gasteiger partial charge in [0.1, 0.15) is 5.01 Å². The van der Waals surface area contributed by atoms with E-state index in [1.807, 2.05) is 6.07 Å². The lowest BCUT2D eigenvalue weighted by molar-refractivity contribution is 0.260. The smallest absolute Gasteiger partial charge is 0.225 e. The third-order valence-electron chi connectivity index (χ3n) is 4.72. The van der Waals surface area contributed by atoms with E-state index in [9.17, 15) is 0 Å². The van der Waals surface area contributed by atoms with Gasteiger partial charge in [-0.1, -0.05) is 13.8 Å². The van der Waals surface area contributed by atoms with E-state index in [0.717, 1.165) is 61.9 Å². The minimum Gasteiger partial charge on any atom is -0.355 e. The predicted octanol–water partition coefficient (Wildman–Crippen LogP) is 2.16. The molecular formula is C19H31IN8S. The first-order valence-corrected chi connectivity index (χ1v) is 10.7. The third-order valence-corrected chi connectivity index (χ3v) is 5.59. The van der Waals surface area contributed by atoms with Gasteiger partial charge in [-0.25, -0.2) is 15.0 Å². The topological polar surface area (TPSA) is 81.6 Å². The SMILES string of the molecule is CN=C(NCCN1CCN(c2ncccn2)CC1)NCc1nc(C(C)C)cs1.I. The van der Waals surface area contributed by atoms with Crippen LogP contribution in [0.4, 0.5) is 5.95 Å². The molecule has 160 valence electrons. The molecule has 0 spiro atoms. The molecule has 0 atom stereocenters. The molecule has 1 saturated heterocycles. The molecule has 0 aromatic carbocycles. The van der Waals surface area contributed by atoms with Gasteiger partial charge in [-0.15, -0.1) is 35.3 Å². The monoisotopic (exact) mass is 530 g/mol. The predicted molar refractivity (Wildman–Crippen MR) is 131 cm³/mol. The first-order valence-electron chi connectivity index (χ1n) is 9.79. The summed E-state index contributed by atoms with van der Waals surface area (Å²) in [4.78, 5) is 22.3. The van der Waals surface area contributed by atoms with Crippen LogP contribution in [-0.4, -0.2) is 72.1 Å². The van der Waals surface area contributed by atoms with Crippen LogP contribution in [0.25, 0.3) is 0 Å². The fourth-order valence-electron chi connectivity index (χ4n) is 3.01. The zero-order valence-corrected chi connectivity index (χ0v) is 20.5. The highest BCUT2D eigenvalue weighted by Crippen LogP contribution is 2.17. The highest BCUT2D eigenvalue weighted by molar-refractivity contribution is 14.0. The zero-order valence-electron chi connectivity index (χ0n) is 17.3. The van der Waals surface area contributed by atoms with Crippen LogP contribution in [-0.2, 0) is 6.54 Å². The Labute approximate surface area is 194 Å². The van der Waals surface area contributed by atoms with Crippen molar-refractivity contribution in [2.24, 2.45) is 4.99 Å². The van der Waals surface area contributed by atoms with Crippen LogP contribution in [0, 0.1) is 0 Å². The molecule has 1 aliphatic rings. The summed E-state index contributed by atoms with van der Waals surface area (Å²) in [6, 6.07) is 1.85. The Morgan fingerprint density at radius 1 is 1.17 bits per heavy atom. The Hall–Kier alpha value is -1.53. The Morgan fingerprint density at radius 2 is 1.90 bits per heavy atom. The van der Waals surface area contributed by atoms with Crippen molar-refractivity contribution in [1.82, 2.24) is 30.5 Å².